The smallest absolute Gasteiger partial charge is 0.406 e. The van der Waals surface area contributed by atoms with Crippen LogP contribution in [0, 0.1) is 5.41 Å². The largest absolute Gasteiger partial charge is 0.515 e. The Morgan fingerprint density at radius 3 is 2.83 bits per heavy atom. The zero-order valence-electron chi connectivity index (χ0n) is 11.0. The van der Waals surface area contributed by atoms with E-state index < -0.39 is 0 Å². The van der Waals surface area contributed by atoms with Gasteiger partial charge in [0.2, 0.25) is 0 Å². The van der Waals surface area contributed by atoms with Crippen LogP contribution in [0.15, 0.2) is 12.3 Å². The van der Waals surface area contributed by atoms with Gasteiger partial charge in [-0.1, -0.05) is 13.8 Å². The summed E-state index contributed by atoms with van der Waals surface area (Å²) in [7, 11) is -0.318. The summed E-state index contributed by atoms with van der Waals surface area (Å²) in [6, 6.07) is 2.33. The van der Waals surface area contributed by atoms with E-state index in [9.17, 15) is 0 Å². The Morgan fingerprint density at radius 2 is 2.17 bits per heavy atom. The van der Waals surface area contributed by atoms with Crippen LogP contribution in [0.25, 0.3) is 0 Å². The van der Waals surface area contributed by atoms with Gasteiger partial charge in [0, 0.05) is 31.4 Å². The van der Waals surface area contributed by atoms with Crippen LogP contribution >= 0.6 is 0 Å². The number of aromatic nitrogens is 2. The minimum atomic E-state index is -0.318. The maximum absolute atomic E-state index is 5.73. The minimum absolute atomic E-state index is 0.0956. The molecule has 0 N–H and O–H groups in total. The second-order valence-electron chi connectivity index (χ2n) is 5.86. The van der Waals surface area contributed by atoms with E-state index in [1.54, 1.807) is 0 Å². The molecule has 0 bridgehead atoms. The lowest BCUT2D eigenvalue weighted by Crippen LogP contribution is -2.48. The first kappa shape index (κ1) is 12.2. The topological polar surface area (TPSA) is 45.5 Å². The molecule has 3 heterocycles. The monoisotopic (exact) mass is 250 g/mol. The highest BCUT2D eigenvalue weighted by Gasteiger charge is 2.35. The number of hydrogen-bond donors (Lipinski definition) is 0. The van der Waals surface area contributed by atoms with Crippen molar-refractivity contribution in [3.05, 3.63) is 12.3 Å². The maximum atomic E-state index is 5.73. The predicted molar refractivity (Wildman–Crippen MR) is 67.8 cm³/mol. The molecule has 2 fully saturated rings. The van der Waals surface area contributed by atoms with Crippen LogP contribution in [0.2, 0.25) is 0 Å². The highest BCUT2D eigenvalue weighted by Crippen LogP contribution is 2.21. The van der Waals surface area contributed by atoms with E-state index in [-0.39, 0.29) is 12.5 Å². The molecule has 0 amide bonds. The molecule has 1 unspecified atom stereocenters. The van der Waals surface area contributed by atoms with E-state index >= 15 is 0 Å². The van der Waals surface area contributed by atoms with Crippen LogP contribution in [-0.2, 0) is 14.0 Å². The molecule has 1 aromatic heterocycles. The quantitative estimate of drug-likeness (QED) is 0.721. The van der Waals surface area contributed by atoms with Crippen LogP contribution in [0.4, 0.5) is 0 Å². The fourth-order valence-corrected chi connectivity index (χ4v) is 2.28. The summed E-state index contributed by atoms with van der Waals surface area (Å²) in [6.07, 6.45) is 3.02. The molecular formula is C12H19BN2O3. The molecule has 0 radical (unpaired) electrons. The van der Waals surface area contributed by atoms with Gasteiger partial charge >= 0.3 is 7.12 Å². The summed E-state index contributed by atoms with van der Waals surface area (Å²) < 4.78 is 18.8. The minimum Gasteiger partial charge on any atom is -0.406 e. The van der Waals surface area contributed by atoms with Crippen molar-refractivity contribution in [1.82, 2.24) is 9.78 Å². The van der Waals surface area contributed by atoms with Gasteiger partial charge in [-0.3, -0.25) is 4.68 Å². The van der Waals surface area contributed by atoms with Crippen molar-refractivity contribution in [2.75, 3.05) is 26.4 Å². The molecule has 5 nitrogen and oxygen atoms in total. The van der Waals surface area contributed by atoms with E-state index in [2.05, 4.69) is 18.9 Å². The van der Waals surface area contributed by atoms with Gasteiger partial charge in [-0.05, 0) is 12.5 Å². The molecule has 0 spiro atoms. The number of rotatable bonds is 2. The third-order valence-corrected chi connectivity index (χ3v) is 3.40. The predicted octanol–water partition coefficient (Wildman–Crippen LogP) is 0.613. The van der Waals surface area contributed by atoms with E-state index in [0.29, 0.717) is 19.3 Å². The summed E-state index contributed by atoms with van der Waals surface area (Å²) in [5.74, 6) is 0. The zero-order chi connectivity index (χ0) is 12.6. The highest BCUT2D eigenvalue weighted by atomic mass is 16.6. The first-order valence-electron chi connectivity index (χ1n) is 6.50. The van der Waals surface area contributed by atoms with Crippen LogP contribution in [0.5, 0.6) is 0 Å². The lowest BCUT2D eigenvalue weighted by Gasteiger charge is -2.32. The Labute approximate surface area is 108 Å². The molecule has 0 aliphatic carbocycles. The Balaban J connectivity index is 1.66. The first-order valence-corrected chi connectivity index (χ1v) is 6.50. The Hall–Kier alpha value is -0.845. The number of ether oxygens (including phenoxy) is 1. The van der Waals surface area contributed by atoms with Gasteiger partial charge in [-0.2, -0.15) is 5.10 Å². The molecule has 0 aromatic carbocycles. The van der Waals surface area contributed by atoms with Crippen molar-refractivity contribution in [2.45, 2.75) is 26.3 Å². The van der Waals surface area contributed by atoms with E-state index in [4.69, 9.17) is 14.0 Å². The zero-order valence-corrected chi connectivity index (χ0v) is 11.0. The molecule has 2 aliphatic rings. The van der Waals surface area contributed by atoms with Gasteiger partial charge < -0.3 is 14.0 Å². The van der Waals surface area contributed by atoms with Gasteiger partial charge in [0.15, 0.2) is 0 Å². The summed E-state index contributed by atoms with van der Waals surface area (Å²) in [5, 5.41) is 4.55. The normalized spacial score (nSPS) is 27.7. The van der Waals surface area contributed by atoms with Gasteiger partial charge in [0.05, 0.1) is 18.2 Å². The average Bonchev–Trinajstić information content (AvgIpc) is 2.99. The van der Waals surface area contributed by atoms with Crippen LogP contribution < -0.4 is 5.59 Å². The van der Waals surface area contributed by atoms with Gasteiger partial charge in [-0.25, -0.2) is 0 Å². The summed E-state index contributed by atoms with van der Waals surface area (Å²) in [4.78, 5) is 0. The summed E-state index contributed by atoms with van der Waals surface area (Å²) in [5.41, 5.74) is 0.954. The molecule has 98 valence electrons. The fraction of sp³-hybridized carbons (Fsp3) is 0.750. The first-order chi connectivity index (χ1) is 8.64. The van der Waals surface area contributed by atoms with Crippen LogP contribution in [-0.4, -0.2) is 43.3 Å². The average molecular weight is 250 g/mol. The van der Waals surface area contributed by atoms with E-state index in [1.165, 1.54) is 0 Å². The van der Waals surface area contributed by atoms with Crippen molar-refractivity contribution in [1.29, 1.82) is 0 Å². The lowest BCUT2D eigenvalue weighted by molar-refractivity contribution is 0.0339. The molecular weight excluding hydrogens is 231 g/mol. The standard InChI is InChI=1S/C12H19BN2O3/c1-12(2)8-17-13(18-9-12)11-3-5-15(14-11)10-4-6-16-7-10/h3,5,10H,4,6-9H2,1-2H3. The lowest BCUT2D eigenvalue weighted by atomic mass is 9.80. The van der Waals surface area contributed by atoms with Gasteiger partial charge in [0.1, 0.15) is 0 Å². The molecule has 2 aliphatic heterocycles. The highest BCUT2D eigenvalue weighted by molar-refractivity contribution is 6.60. The Morgan fingerprint density at radius 1 is 1.39 bits per heavy atom. The fourth-order valence-electron chi connectivity index (χ4n) is 2.28. The second kappa shape index (κ2) is 4.68. The van der Waals surface area contributed by atoms with E-state index in [0.717, 1.165) is 25.2 Å². The van der Waals surface area contributed by atoms with Crippen molar-refractivity contribution in [2.24, 2.45) is 5.41 Å². The maximum Gasteiger partial charge on any atom is 0.515 e. The third kappa shape index (κ3) is 2.46. The second-order valence-corrected chi connectivity index (χ2v) is 5.86. The van der Waals surface area contributed by atoms with Crippen molar-refractivity contribution >= 4 is 12.7 Å². The molecule has 6 heteroatoms. The number of nitrogens with zero attached hydrogens (tertiary/aromatic N) is 2. The summed E-state index contributed by atoms with van der Waals surface area (Å²) in [6.45, 7) is 7.26. The number of hydrogen-bond acceptors (Lipinski definition) is 4. The van der Waals surface area contributed by atoms with E-state index in [1.807, 2.05) is 16.9 Å². The molecule has 0 saturated carbocycles. The molecule has 18 heavy (non-hydrogen) atoms. The summed E-state index contributed by atoms with van der Waals surface area (Å²) >= 11 is 0. The van der Waals surface area contributed by atoms with Crippen molar-refractivity contribution in [3.63, 3.8) is 0 Å². The molecule has 1 aromatic rings. The molecule has 3 rings (SSSR count). The third-order valence-electron chi connectivity index (χ3n) is 3.40. The SMILES string of the molecule is CC1(C)COB(c2ccn(C3CCOC3)n2)OC1. The van der Waals surface area contributed by atoms with Gasteiger partial charge in [0.25, 0.3) is 0 Å². The van der Waals surface area contributed by atoms with Gasteiger partial charge in [-0.15, -0.1) is 0 Å². The van der Waals surface area contributed by atoms with Crippen molar-refractivity contribution in [3.8, 4) is 0 Å². The Bertz CT molecular complexity index is 405. The molecule has 1 atom stereocenters. The molecule has 2 saturated heterocycles. The Kier molecular flexibility index (Phi) is 3.17. The van der Waals surface area contributed by atoms with Crippen molar-refractivity contribution < 1.29 is 14.0 Å². The van der Waals surface area contributed by atoms with Crippen LogP contribution in [0.3, 0.4) is 0 Å². The van der Waals surface area contributed by atoms with Crippen LogP contribution in [0.1, 0.15) is 26.3 Å².